The molecule has 0 radical (unpaired) electrons. The minimum atomic E-state index is -3.85. The molecule has 1 aliphatic heterocycles. The van der Waals surface area contributed by atoms with Crippen molar-refractivity contribution in [3.8, 4) is 11.5 Å². The number of para-hydroxylation sites is 1. The molecule has 9 nitrogen and oxygen atoms in total. The van der Waals surface area contributed by atoms with Gasteiger partial charge in [-0.1, -0.05) is 42.5 Å². The molecule has 37 heavy (non-hydrogen) atoms. The number of hydrogen-bond acceptors (Lipinski definition) is 6. The standard InChI is InChI=1S/C27H29N3O6S/c1-19(30(37(2,33)34)21-12-13-24-25(18-21)36-17-16-35-24)26(31)29-23-11-7-6-10-22(23)27(32)28-15-14-20-8-4-3-5-9-20/h3-13,18-19H,14-17H2,1-2H3,(H,28,32)(H,29,31)/t19-/m1/s1. The van der Waals surface area contributed by atoms with Gasteiger partial charge in [-0.2, -0.15) is 0 Å². The van der Waals surface area contributed by atoms with Crippen molar-refractivity contribution in [2.24, 2.45) is 0 Å². The summed E-state index contributed by atoms with van der Waals surface area (Å²) in [6, 6.07) is 20.0. The van der Waals surface area contributed by atoms with Gasteiger partial charge in [0.05, 0.1) is 23.2 Å². The first-order valence-electron chi connectivity index (χ1n) is 11.8. The van der Waals surface area contributed by atoms with Gasteiger partial charge in [-0.05, 0) is 43.2 Å². The fourth-order valence-electron chi connectivity index (χ4n) is 4.07. The molecule has 0 aromatic heterocycles. The summed E-state index contributed by atoms with van der Waals surface area (Å²) < 4.78 is 37.5. The third kappa shape index (κ3) is 6.39. The van der Waals surface area contributed by atoms with Crippen LogP contribution < -0.4 is 24.4 Å². The summed E-state index contributed by atoms with van der Waals surface area (Å²) >= 11 is 0. The van der Waals surface area contributed by atoms with Crippen molar-refractivity contribution in [3.05, 3.63) is 83.9 Å². The quantitative estimate of drug-likeness (QED) is 0.445. The molecule has 0 saturated heterocycles. The van der Waals surface area contributed by atoms with Gasteiger partial charge in [0, 0.05) is 12.6 Å². The van der Waals surface area contributed by atoms with Crippen molar-refractivity contribution in [1.82, 2.24) is 5.32 Å². The number of fused-ring (bicyclic) bond motifs is 1. The van der Waals surface area contributed by atoms with Crippen LogP contribution in [-0.2, 0) is 21.2 Å². The van der Waals surface area contributed by atoms with Crippen LogP contribution in [0, 0.1) is 0 Å². The first-order valence-corrected chi connectivity index (χ1v) is 13.7. The van der Waals surface area contributed by atoms with E-state index in [1.807, 2.05) is 30.3 Å². The largest absolute Gasteiger partial charge is 0.486 e. The summed E-state index contributed by atoms with van der Waals surface area (Å²) in [5, 5.41) is 5.59. The molecule has 1 heterocycles. The minimum absolute atomic E-state index is 0.265. The molecule has 0 fully saturated rings. The third-order valence-corrected chi connectivity index (χ3v) is 7.08. The van der Waals surface area contributed by atoms with Crippen LogP contribution in [0.4, 0.5) is 11.4 Å². The molecule has 3 aromatic carbocycles. The number of rotatable bonds is 9. The van der Waals surface area contributed by atoms with Gasteiger partial charge in [-0.25, -0.2) is 8.42 Å². The van der Waals surface area contributed by atoms with E-state index in [9.17, 15) is 18.0 Å². The monoisotopic (exact) mass is 523 g/mol. The lowest BCUT2D eigenvalue weighted by molar-refractivity contribution is -0.116. The lowest BCUT2D eigenvalue weighted by atomic mass is 10.1. The lowest BCUT2D eigenvalue weighted by Gasteiger charge is -2.29. The van der Waals surface area contributed by atoms with Crippen LogP contribution in [0.25, 0.3) is 0 Å². The molecule has 4 rings (SSSR count). The maximum atomic E-state index is 13.2. The van der Waals surface area contributed by atoms with E-state index < -0.39 is 22.0 Å². The molecule has 0 spiro atoms. The average molecular weight is 524 g/mol. The van der Waals surface area contributed by atoms with Gasteiger partial charge in [-0.3, -0.25) is 13.9 Å². The highest BCUT2D eigenvalue weighted by atomic mass is 32.2. The first-order chi connectivity index (χ1) is 17.7. The topological polar surface area (TPSA) is 114 Å². The molecule has 0 bridgehead atoms. The summed E-state index contributed by atoms with van der Waals surface area (Å²) in [7, 11) is -3.85. The maximum absolute atomic E-state index is 13.2. The fourth-order valence-corrected chi connectivity index (χ4v) is 5.23. The minimum Gasteiger partial charge on any atom is -0.486 e. The zero-order chi connectivity index (χ0) is 26.4. The number of carbonyl (C=O) groups excluding carboxylic acids is 2. The van der Waals surface area contributed by atoms with Crippen LogP contribution in [0.5, 0.6) is 11.5 Å². The van der Waals surface area contributed by atoms with Crippen molar-refractivity contribution in [3.63, 3.8) is 0 Å². The predicted octanol–water partition coefficient (Wildman–Crippen LogP) is 3.22. The molecular formula is C27H29N3O6S. The number of anilines is 2. The second-order valence-corrected chi connectivity index (χ2v) is 10.4. The number of benzene rings is 3. The number of carbonyl (C=O) groups is 2. The summed E-state index contributed by atoms with van der Waals surface area (Å²) in [4.78, 5) is 26.1. The summed E-state index contributed by atoms with van der Waals surface area (Å²) in [6.45, 7) is 2.65. The van der Waals surface area contributed by atoms with Crippen LogP contribution >= 0.6 is 0 Å². The van der Waals surface area contributed by atoms with Crippen molar-refractivity contribution in [2.45, 2.75) is 19.4 Å². The summed E-state index contributed by atoms with van der Waals surface area (Å²) in [5.74, 6) is -0.0218. The Labute approximate surface area is 216 Å². The Morgan fingerprint density at radius 2 is 1.62 bits per heavy atom. The molecule has 2 amide bonds. The van der Waals surface area contributed by atoms with E-state index in [0.717, 1.165) is 16.1 Å². The predicted molar refractivity (Wildman–Crippen MR) is 142 cm³/mol. The molecule has 194 valence electrons. The van der Waals surface area contributed by atoms with E-state index in [-0.39, 0.29) is 22.8 Å². The van der Waals surface area contributed by atoms with Crippen molar-refractivity contribution < 1.29 is 27.5 Å². The number of nitrogens with zero attached hydrogens (tertiary/aromatic N) is 1. The van der Waals surface area contributed by atoms with E-state index in [1.54, 1.807) is 36.4 Å². The van der Waals surface area contributed by atoms with E-state index >= 15 is 0 Å². The molecule has 0 saturated carbocycles. The Balaban J connectivity index is 1.49. The van der Waals surface area contributed by atoms with Crippen LogP contribution in [0.2, 0.25) is 0 Å². The van der Waals surface area contributed by atoms with Gasteiger partial charge in [0.25, 0.3) is 5.91 Å². The van der Waals surface area contributed by atoms with E-state index in [1.165, 1.54) is 13.0 Å². The third-order valence-electron chi connectivity index (χ3n) is 5.84. The molecular weight excluding hydrogens is 494 g/mol. The second-order valence-electron chi connectivity index (χ2n) is 8.59. The first kappa shape index (κ1) is 26.0. The van der Waals surface area contributed by atoms with E-state index in [4.69, 9.17) is 9.47 Å². The molecule has 3 aromatic rings. The van der Waals surface area contributed by atoms with Crippen molar-refractivity contribution in [1.29, 1.82) is 0 Å². The zero-order valence-electron chi connectivity index (χ0n) is 20.6. The van der Waals surface area contributed by atoms with Crippen molar-refractivity contribution >= 4 is 33.2 Å². The average Bonchev–Trinajstić information content (AvgIpc) is 2.88. The van der Waals surface area contributed by atoms with Crippen molar-refractivity contribution in [2.75, 3.05) is 35.6 Å². The molecule has 10 heteroatoms. The molecule has 1 atom stereocenters. The zero-order valence-corrected chi connectivity index (χ0v) is 21.5. The molecule has 2 N–H and O–H groups in total. The highest BCUT2D eigenvalue weighted by Crippen LogP contribution is 2.35. The van der Waals surface area contributed by atoms with Gasteiger partial charge in [0.2, 0.25) is 15.9 Å². The van der Waals surface area contributed by atoms with E-state index in [2.05, 4.69) is 10.6 Å². The molecule has 0 unspecified atom stereocenters. The second kappa shape index (κ2) is 11.3. The highest BCUT2D eigenvalue weighted by molar-refractivity contribution is 7.92. The van der Waals surface area contributed by atoms with Crippen LogP contribution in [0.3, 0.4) is 0 Å². The number of ether oxygens (including phenoxy) is 2. The Morgan fingerprint density at radius 3 is 2.35 bits per heavy atom. The smallest absolute Gasteiger partial charge is 0.253 e. The Kier molecular flexibility index (Phi) is 7.98. The molecule has 1 aliphatic rings. The number of nitrogens with one attached hydrogen (secondary N) is 2. The van der Waals surface area contributed by atoms with Crippen LogP contribution in [0.15, 0.2) is 72.8 Å². The Hall–Kier alpha value is -4.05. The fraction of sp³-hybridized carbons (Fsp3) is 0.259. The highest BCUT2D eigenvalue weighted by Gasteiger charge is 2.31. The normalized spacial score (nSPS) is 13.4. The Bertz CT molecular complexity index is 1380. The number of sulfonamides is 1. The lowest BCUT2D eigenvalue weighted by Crippen LogP contribution is -2.45. The van der Waals surface area contributed by atoms with Crippen LogP contribution in [0.1, 0.15) is 22.8 Å². The van der Waals surface area contributed by atoms with Gasteiger partial charge in [0.15, 0.2) is 11.5 Å². The van der Waals surface area contributed by atoms with E-state index in [0.29, 0.717) is 37.7 Å². The van der Waals surface area contributed by atoms with Crippen LogP contribution in [-0.4, -0.2) is 52.3 Å². The van der Waals surface area contributed by atoms with Gasteiger partial charge < -0.3 is 20.1 Å². The summed E-state index contributed by atoms with van der Waals surface area (Å²) in [5.41, 5.74) is 1.92. The molecule has 0 aliphatic carbocycles. The van der Waals surface area contributed by atoms with Gasteiger partial charge in [0.1, 0.15) is 19.3 Å². The summed E-state index contributed by atoms with van der Waals surface area (Å²) in [6.07, 6.45) is 1.69. The Morgan fingerprint density at radius 1 is 0.946 bits per heavy atom. The SMILES string of the molecule is C[C@H](C(=O)Nc1ccccc1C(=O)NCCc1ccccc1)N(c1ccc2c(c1)OCCO2)S(C)(=O)=O. The maximum Gasteiger partial charge on any atom is 0.253 e. The number of hydrogen-bond donors (Lipinski definition) is 2. The van der Waals surface area contributed by atoms with Gasteiger partial charge >= 0.3 is 0 Å². The number of amides is 2. The van der Waals surface area contributed by atoms with Gasteiger partial charge in [-0.15, -0.1) is 0 Å².